The van der Waals surface area contributed by atoms with Crippen LogP contribution in [0.25, 0.3) is 0 Å². The van der Waals surface area contributed by atoms with Crippen molar-refractivity contribution in [2.75, 3.05) is 40.3 Å². The van der Waals surface area contributed by atoms with Crippen LogP contribution in [0.4, 0.5) is 0 Å². The Balaban J connectivity index is 1.80. The van der Waals surface area contributed by atoms with Crippen LogP contribution < -0.4 is 14.8 Å². The van der Waals surface area contributed by atoms with Crippen molar-refractivity contribution in [1.29, 1.82) is 0 Å². The van der Waals surface area contributed by atoms with Crippen molar-refractivity contribution in [2.45, 2.75) is 52.4 Å². The average molecular weight is 617 g/mol. The van der Waals surface area contributed by atoms with E-state index in [9.17, 15) is 19.2 Å². The number of amides is 1. The van der Waals surface area contributed by atoms with E-state index >= 15 is 0 Å². The lowest BCUT2D eigenvalue weighted by atomic mass is 9.91. The van der Waals surface area contributed by atoms with Gasteiger partial charge >= 0.3 is 17.9 Å². The fourth-order valence-electron chi connectivity index (χ4n) is 4.36. The third kappa shape index (κ3) is 9.91. The maximum Gasteiger partial charge on any atom is 0.334 e. The second-order valence-electron chi connectivity index (χ2n) is 10.4. The highest BCUT2D eigenvalue weighted by atomic mass is 16.7. The molecule has 2 aromatic rings. The highest BCUT2D eigenvalue weighted by molar-refractivity contribution is 5.98. The maximum atomic E-state index is 13.4. The summed E-state index contributed by atoms with van der Waals surface area (Å²) in [4.78, 5) is 55.9. The molecule has 2 heterocycles. The number of cyclic esters (lactones) is 2. The first-order valence-corrected chi connectivity index (χ1v) is 14.4. The van der Waals surface area contributed by atoms with Gasteiger partial charge in [0.15, 0.2) is 23.2 Å². The average Bonchev–Trinajstić information content (AvgIpc) is 3.04. The van der Waals surface area contributed by atoms with Crippen molar-refractivity contribution in [3.05, 3.63) is 53.9 Å². The second kappa shape index (κ2) is 17.2. The molecule has 13 nitrogen and oxygen atoms in total. The molecular formula is C31H40N2O11. The van der Waals surface area contributed by atoms with Crippen LogP contribution in [-0.4, -0.2) is 87.4 Å². The van der Waals surface area contributed by atoms with Gasteiger partial charge in [0.25, 0.3) is 5.91 Å². The minimum absolute atomic E-state index is 0.122. The van der Waals surface area contributed by atoms with Crippen LogP contribution >= 0.6 is 0 Å². The maximum absolute atomic E-state index is 13.4. The number of pyridine rings is 1. The molecule has 0 aliphatic carbocycles. The Morgan fingerprint density at radius 2 is 1.86 bits per heavy atom. The summed E-state index contributed by atoms with van der Waals surface area (Å²) >= 11 is 0. The number of nitrogens with zero attached hydrogens (tertiary/aromatic N) is 1. The van der Waals surface area contributed by atoms with Crippen molar-refractivity contribution in [1.82, 2.24) is 10.3 Å². The molecule has 1 aliphatic rings. The summed E-state index contributed by atoms with van der Waals surface area (Å²) < 4.78 is 38.1. The molecule has 0 spiro atoms. The third-order valence-corrected chi connectivity index (χ3v) is 6.52. The first kappa shape index (κ1) is 34.3. The predicted octanol–water partition coefficient (Wildman–Crippen LogP) is 2.49. The van der Waals surface area contributed by atoms with Gasteiger partial charge in [0.05, 0.1) is 13.0 Å². The van der Waals surface area contributed by atoms with E-state index in [-0.39, 0.29) is 29.7 Å². The van der Waals surface area contributed by atoms with Gasteiger partial charge in [-0.1, -0.05) is 44.2 Å². The summed E-state index contributed by atoms with van der Waals surface area (Å²) in [7, 11) is 1.35. The molecule has 1 aromatic carbocycles. The molecule has 240 valence electrons. The molecule has 0 unspecified atom stereocenters. The molecule has 13 heteroatoms. The monoisotopic (exact) mass is 616 g/mol. The van der Waals surface area contributed by atoms with Crippen LogP contribution in [0.3, 0.4) is 0 Å². The number of carbonyl (C=O) groups excluding carboxylic acids is 4. The summed E-state index contributed by atoms with van der Waals surface area (Å²) in [5.74, 6) is -3.58. The van der Waals surface area contributed by atoms with Crippen molar-refractivity contribution in [2.24, 2.45) is 11.8 Å². The second-order valence-corrected chi connectivity index (χ2v) is 10.4. The Bertz CT molecular complexity index is 1250. The molecule has 4 atom stereocenters. The van der Waals surface area contributed by atoms with E-state index in [4.69, 9.17) is 33.2 Å². The number of rotatable bonds is 14. The molecule has 3 rings (SSSR count). The van der Waals surface area contributed by atoms with Crippen molar-refractivity contribution in [3.63, 3.8) is 0 Å². The summed E-state index contributed by atoms with van der Waals surface area (Å²) in [5, 5.41) is 2.51. The van der Waals surface area contributed by atoms with Crippen molar-refractivity contribution < 1.29 is 52.3 Å². The van der Waals surface area contributed by atoms with Crippen LogP contribution in [0.1, 0.15) is 43.7 Å². The fourth-order valence-corrected chi connectivity index (χ4v) is 4.36. The van der Waals surface area contributed by atoms with E-state index < -0.39 is 61.4 Å². The lowest BCUT2D eigenvalue weighted by Crippen LogP contribution is -2.46. The summed E-state index contributed by atoms with van der Waals surface area (Å²) in [6.45, 7) is 6.64. The fraction of sp³-hybridized carbons (Fsp3) is 0.516. The van der Waals surface area contributed by atoms with E-state index in [1.54, 1.807) is 13.8 Å². The van der Waals surface area contributed by atoms with Gasteiger partial charge in [-0.15, -0.1) is 0 Å². The van der Waals surface area contributed by atoms with E-state index in [1.807, 2.05) is 44.2 Å². The van der Waals surface area contributed by atoms with Gasteiger partial charge in [0, 0.05) is 25.5 Å². The van der Waals surface area contributed by atoms with E-state index in [2.05, 4.69) is 10.3 Å². The molecule has 1 N–H and O–H groups in total. The number of hydrogen-bond donors (Lipinski definition) is 1. The molecule has 1 aromatic heterocycles. The Labute approximate surface area is 256 Å². The van der Waals surface area contributed by atoms with Gasteiger partial charge in [0.2, 0.25) is 6.79 Å². The number of methoxy groups -OCH3 is 1. The minimum atomic E-state index is -1.38. The number of hydrogen-bond acceptors (Lipinski definition) is 12. The Hall–Kier alpha value is -4.23. The first-order valence-electron chi connectivity index (χ1n) is 14.4. The van der Waals surface area contributed by atoms with Gasteiger partial charge in [-0.05, 0) is 31.7 Å². The zero-order chi connectivity index (χ0) is 32.1. The largest absolute Gasteiger partial charge is 0.493 e. The third-order valence-electron chi connectivity index (χ3n) is 6.52. The molecule has 0 saturated carbocycles. The number of carbonyl (C=O) groups is 4. The summed E-state index contributed by atoms with van der Waals surface area (Å²) in [5.41, 5.74) is 0.618. The van der Waals surface area contributed by atoms with Crippen molar-refractivity contribution >= 4 is 23.8 Å². The number of benzene rings is 1. The van der Waals surface area contributed by atoms with Crippen LogP contribution in [-0.2, 0) is 44.5 Å². The van der Waals surface area contributed by atoms with Crippen LogP contribution in [0.2, 0.25) is 0 Å². The molecule has 0 bridgehead atoms. The Morgan fingerprint density at radius 3 is 2.55 bits per heavy atom. The quantitative estimate of drug-likeness (QED) is 0.188. The zero-order valence-corrected chi connectivity index (χ0v) is 25.6. The lowest BCUT2D eigenvalue weighted by Gasteiger charge is -2.30. The standard InChI is InChI=1S/C31H40N2O11/c1-6-39-17-25(34)42-18-43-28-24(38-5)12-13-32-26(28)29(35)33-23-16-41-30(36)22(14-21-10-8-7-9-11-21)27(40-15-19(2)3)20(4)44-31(23)37/h7-13,19-20,22-23,27H,6,14-18H2,1-5H3,(H,33,35)/t20-,22+,23-,27-/m0/s1. The SMILES string of the molecule is CCOCC(=O)OCOc1c(OC)ccnc1C(=O)N[C@H]1COC(=O)[C@H](Cc2ccccc2)[C@@H](OCC(C)C)[C@H](C)OC1=O. The smallest absolute Gasteiger partial charge is 0.334 e. The van der Waals surface area contributed by atoms with Gasteiger partial charge in [-0.25, -0.2) is 14.6 Å². The Kier molecular flexibility index (Phi) is 13.4. The number of ether oxygens (including phenoxy) is 7. The van der Waals surface area contributed by atoms with Crippen LogP contribution in [0, 0.1) is 11.8 Å². The first-order chi connectivity index (χ1) is 21.1. The molecular weight excluding hydrogens is 576 g/mol. The summed E-state index contributed by atoms with van der Waals surface area (Å²) in [6.07, 6.45) is -0.0460. The molecule has 44 heavy (non-hydrogen) atoms. The molecule has 1 fully saturated rings. The Morgan fingerprint density at radius 1 is 1.11 bits per heavy atom. The van der Waals surface area contributed by atoms with Crippen LogP contribution in [0.15, 0.2) is 42.6 Å². The van der Waals surface area contributed by atoms with Gasteiger partial charge in [-0.3, -0.25) is 9.59 Å². The van der Waals surface area contributed by atoms with E-state index in [1.165, 1.54) is 19.4 Å². The number of aromatic nitrogens is 1. The molecule has 1 amide bonds. The predicted molar refractivity (Wildman–Crippen MR) is 155 cm³/mol. The van der Waals surface area contributed by atoms with Crippen LogP contribution in [0.5, 0.6) is 11.5 Å². The van der Waals surface area contributed by atoms with Gasteiger partial charge < -0.3 is 38.5 Å². The topological polar surface area (TPSA) is 158 Å². The molecule has 1 saturated heterocycles. The van der Waals surface area contributed by atoms with Gasteiger partial charge in [-0.2, -0.15) is 0 Å². The lowest BCUT2D eigenvalue weighted by molar-refractivity contribution is -0.165. The molecule has 1 aliphatic heterocycles. The number of nitrogens with one attached hydrogen (secondary N) is 1. The zero-order valence-electron chi connectivity index (χ0n) is 25.6. The van der Waals surface area contributed by atoms with Crippen molar-refractivity contribution in [3.8, 4) is 11.5 Å². The van der Waals surface area contributed by atoms with E-state index in [0.29, 0.717) is 19.6 Å². The highest BCUT2D eigenvalue weighted by Gasteiger charge is 2.40. The summed E-state index contributed by atoms with van der Waals surface area (Å²) in [6, 6.07) is 9.45. The molecule has 0 radical (unpaired) electrons. The van der Waals surface area contributed by atoms with E-state index in [0.717, 1.165) is 5.56 Å². The highest BCUT2D eigenvalue weighted by Crippen LogP contribution is 2.30. The minimum Gasteiger partial charge on any atom is -0.493 e. The van der Waals surface area contributed by atoms with Gasteiger partial charge in [0.1, 0.15) is 25.4 Å². The normalized spacial score (nSPS) is 20.4. The number of esters is 3.